The Morgan fingerprint density at radius 3 is 1.98 bits per heavy atom. The summed E-state index contributed by atoms with van der Waals surface area (Å²) in [4.78, 5) is 36.0. The van der Waals surface area contributed by atoms with Crippen LogP contribution in [-0.4, -0.2) is 88.0 Å². The van der Waals surface area contributed by atoms with Crippen molar-refractivity contribution in [3.8, 4) is 0 Å². The van der Waals surface area contributed by atoms with Crippen molar-refractivity contribution in [1.82, 2.24) is 16.0 Å². The first-order valence-corrected chi connectivity index (χ1v) is 15.1. The third kappa shape index (κ3) is 17.0. The molecule has 0 bridgehead atoms. The highest BCUT2D eigenvalue weighted by Crippen LogP contribution is 2.20. The van der Waals surface area contributed by atoms with Crippen LogP contribution in [0.15, 0.2) is 0 Å². The van der Waals surface area contributed by atoms with Crippen LogP contribution in [0.25, 0.3) is 0 Å². The average Bonchev–Trinajstić information content (AvgIpc) is 2.91. The Hall–Kier alpha value is -1.87. The first kappa shape index (κ1) is 39.1. The lowest BCUT2D eigenvalue weighted by Crippen LogP contribution is -2.75. The number of aliphatic hydroxyl groups excluding tert-OH is 2. The molecule has 1 amide bonds. The van der Waals surface area contributed by atoms with Gasteiger partial charge in [-0.25, -0.2) is 4.79 Å². The largest absolute Gasteiger partial charge is 0.480 e. The first-order valence-electron chi connectivity index (χ1n) is 15.1. The lowest BCUT2D eigenvalue weighted by Gasteiger charge is -2.40. The minimum Gasteiger partial charge on any atom is -0.480 e. The van der Waals surface area contributed by atoms with Gasteiger partial charge in [0.15, 0.2) is 0 Å². The normalized spacial score (nSPS) is 17.6. The van der Waals surface area contributed by atoms with Crippen LogP contribution in [0.5, 0.6) is 0 Å². The van der Waals surface area contributed by atoms with E-state index in [2.05, 4.69) is 36.7 Å². The topological polar surface area (TPSA) is 246 Å². The molecule has 0 spiro atoms. The molecule has 13 N–H and O–H groups in total. The number of hydrogen-bond donors (Lipinski definition) is 10. The molecular weight excluding hydrogens is 532 g/mol. The molecule has 0 saturated heterocycles. The Morgan fingerprint density at radius 1 is 0.829 bits per heavy atom. The van der Waals surface area contributed by atoms with Crippen LogP contribution in [0.4, 0.5) is 0 Å². The number of hydrogen-bond acceptors (Lipinski definition) is 10. The Bertz CT molecular complexity index is 747. The predicted octanol–water partition coefficient (Wildman–Crippen LogP) is 0.413. The summed E-state index contributed by atoms with van der Waals surface area (Å²) in [6.45, 7) is 6.97. The van der Waals surface area contributed by atoms with E-state index in [1.807, 2.05) is 0 Å². The van der Waals surface area contributed by atoms with Crippen molar-refractivity contribution in [2.45, 2.75) is 128 Å². The zero-order chi connectivity index (χ0) is 31.4. The number of carbonyl (C=O) groups excluding carboxylic acids is 1. The van der Waals surface area contributed by atoms with Crippen LogP contribution in [0.1, 0.15) is 97.8 Å². The van der Waals surface area contributed by atoms with E-state index in [9.17, 15) is 34.8 Å². The molecule has 0 heterocycles. The third-order valence-corrected chi connectivity index (χ3v) is 7.54. The molecule has 0 aromatic carbocycles. The summed E-state index contributed by atoms with van der Waals surface area (Å²) in [5.74, 6) is -3.81. The number of aliphatic hydroxyl groups is 2. The van der Waals surface area contributed by atoms with E-state index in [0.717, 1.165) is 37.5 Å². The van der Waals surface area contributed by atoms with Gasteiger partial charge in [0.2, 0.25) is 5.91 Å². The summed E-state index contributed by atoms with van der Waals surface area (Å²) in [7, 11) is 0. The van der Waals surface area contributed by atoms with Crippen molar-refractivity contribution in [3.05, 3.63) is 0 Å². The quantitative estimate of drug-likeness (QED) is 0.0486. The molecule has 2 unspecified atom stereocenters. The highest BCUT2D eigenvalue weighted by Gasteiger charge is 2.41. The van der Waals surface area contributed by atoms with E-state index in [1.165, 1.54) is 25.7 Å². The molecular formula is C28H58N6O7. The van der Waals surface area contributed by atoms with Gasteiger partial charge in [-0.2, -0.15) is 0 Å². The lowest BCUT2D eigenvalue weighted by atomic mass is 9.91. The van der Waals surface area contributed by atoms with Gasteiger partial charge in [-0.05, 0) is 37.6 Å². The zero-order valence-corrected chi connectivity index (χ0v) is 25.3. The molecule has 242 valence electrons. The van der Waals surface area contributed by atoms with Gasteiger partial charge >= 0.3 is 11.9 Å². The third-order valence-electron chi connectivity index (χ3n) is 7.54. The summed E-state index contributed by atoms with van der Waals surface area (Å²) in [5, 5.41) is 47.9. The molecule has 7 atom stereocenters. The molecule has 0 aromatic rings. The van der Waals surface area contributed by atoms with Crippen molar-refractivity contribution < 1.29 is 34.8 Å². The second-order valence-electron chi connectivity index (χ2n) is 11.4. The number of amides is 1. The molecule has 0 fully saturated rings. The Balaban J connectivity index is 4.81. The van der Waals surface area contributed by atoms with E-state index in [1.54, 1.807) is 0 Å². The number of rotatable bonds is 26. The molecule has 13 heteroatoms. The van der Waals surface area contributed by atoms with E-state index < -0.39 is 54.3 Å². The van der Waals surface area contributed by atoms with Gasteiger partial charge in [-0.3, -0.25) is 26.0 Å². The van der Waals surface area contributed by atoms with E-state index >= 15 is 0 Å². The number of aliphatic carboxylic acids is 2. The maximum Gasteiger partial charge on any atom is 0.326 e. The van der Waals surface area contributed by atoms with Gasteiger partial charge in [-0.1, -0.05) is 65.7 Å². The fourth-order valence-corrected chi connectivity index (χ4v) is 4.82. The predicted molar refractivity (Wildman–Crippen MR) is 159 cm³/mol. The van der Waals surface area contributed by atoms with Gasteiger partial charge in [-0.15, -0.1) is 0 Å². The number of carbonyl (C=O) groups is 3. The minimum atomic E-state index is -2.04. The molecule has 0 saturated carbocycles. The van der Waals surface area contributed by atoms with Crippen molar-refractivity contribution in [1.29, 1.82) is 0 Å². The average molecular weight is 591 g/mol. The van der Waals surface area contributed by atoms with Crippen molar-refractivity contribution in [2.75, 3.05) is 19.6 Å². The smallest absolute Gasteiger partial charge is 0.326 e. The number of carboxylic acid groups (broad SMARTS) is 2. The molecule has 0 aliphatic carbocycles. The second kappa shape index (κ2) is 21.8. The number of nitrogens with two attached hydrogens (primary N) is 3. The molecule has 13 nitrogen and oxygen atoms in total. The van der Waals surface area contributed by atoms with Crippen LogP contribution < -0.4 is 33.2 Å². The summed E-state index contributed by atoms with van der Waals surface area (Å²) < 4.78 is 0. The van der Waals surface area contributed by atoms with Crippen molar-refractivity contribution in [2.24, 2.45) is 29.0 Å². The van der Waals surface area contributed by atoms with Crippen molar-refractivity contribution in [3.63, 3.8) is 0 Å². The Labute approximate surface area is 245 Å². The van der Waals surface area contributed by atoms with Crippen LogP contribution in [-0.2, 0) is 14.4 Å². The molecule has 0 radical (unpaired) electrons. The van der Waals surface area contributed by atoms with Crippen LogP contribution in [0, 0.1) is 11.8 Å². The standard InChI is InChI=1S/C28H58N6O7/c1-4-19(2)17-20(3)11-9-7-5-6-8-10-12-24(37)33-21(26(38)39)18-23(36)28(31,32-16-15-30)34-25(27(40)41)22(35)13-14-29/h19-23,25,32,34-36H,4-18,29-31H2,1-3H3,(H,33,37)(H,38,39)(H,40,41)/t19?,20?,21-,22+,23+,25-,28+/m0/s1. The lowest BCUT2D eigenvalue weighted by molar-refractivity contribution is -0.146. The summed E-state index contributed by atoms with van der Waals surface area (Å²) >= 11 is 0. The van der Waals surface area contributed by atoms with Gasteiger partial charge in [0, 0.05) is 25.9 Å². The summed E-state index contributed by atoms with van der Waals surface area (Å²) in [5.41, 5.74) is 17.2. The van der Waals surface area contributed by atoms with Crippen molar-refractivity contribution >= 4 is 17.8 Å². The monoisotopic (exact) mass is 590 g/mol. The van der Waals surface area contributed by atoms with E-state index in [-0.39, 0.29) is 32.5 Å². The highest BCUT2D eigenvalue weighted by molar-refractivity contribution is 5.83. The molecule has 0 aromatic heterocycles. The van der Waals surface area contributed by atoms with Gasteiger partial charge in [0.1, 0.15) is 24.0 Å². The Morgan fingerprint density at radius 2 is 1.44 bits per heavy atom. The number of nitrogens with one attached hydrogen (secondary N) is 3. The van der Waals surface area contributed by atoms with E-state index in [0.29, 0.717) is 6.42 Å². The van der Waals surface area contributed by atoms with Gasteiger partial charge in [0.25, 0.3) is 0 Å². The fraction of sp³-hybridized carbons (Fsp3) is 0.893. The maximum atomic E-state index is 12.5. The molecule has 0 rings (SSSR count). The maximum absolute atomic E-state index is 12.5. The van der Waals surface area contributed by atoms with E-state index in [4.69, 9.17) is 17.2 Å². The van der Waals surface area contributed by atoms with Crippen LogP contribution >= 0.6 is 0 Å². The molecule has 0 aliphatic heterocycles. The SMILES string of the molecule is CCC(C)CC(C)CCCCCCCCC(=O)N[C@@H](C[C@@H](O)[C@@](N)(NCCN)N[C@H](C(=O)O)[C@H](O)CCN)C(=O)O. The van der Waals surface area contributed by atoms with Gasteiger partial charge < -0.3 is 37.2 Å². The highest BCUT2D eigenvalue weighted by atomic mass is 16.4. The zero-order valence-electron chi connectivity index (χ0n) is 25.3. The fourth-order valence-electron chi connectivity index (χ4n) is 4.82. The first-order chi connectivity index (χ1) is 19.3. The number of unbranched alkanes of at least 4 members (excludes halogenated alkanes) is 5. The summed E-state index contributed by atoms with van der Waals surface area (Å²) in [6, 6.07) is -3.09. The Kier molecular flexibility index (Phi) is 20.8. The molecule has 41 heavy (non-hydrogen) atoms. The van der Waals surface area contributed by atoms with Gasteiger partial charge in [0.05, 0.1) is 6.10 Å². The van der Waals surface area contributed by atoms with Crippen LogP contribution in [0.2, 0.25) is 0 Å². The summed E-state index contributed by atoms with van der Waals surface area (Å²) in [6.07, 6.45) is 6.12. The van der Waals surface area contributed by atoms with Crippen LogP contribution in [0.3, 0.4) is 0 Å². The minimum absolute atomic E-state index is 0.00783. The number of carboxylic acids is 2. The second-order valence-corrected chi connectivity index (χ2v) is 11.4. The molecule has 0 aliphatic rings.